The smallest absolute Gasteiger partial charge is 0.337 e. The van der Waals surface area contributed by atoms with Gasteiger partial charge in [-0.05, 0) is 36.2 Å². The molecule has 0 heterocycles. The van der Waals surface area contributed by atoms with Crippen LogP contribution in [0.2, 0.25) is 0 Å². The lowest BCUT2D eigenvalue weighted by atomic mass is 9.98. The lowest BCUT2D eigenvalue weighted by molar-refractivity contribution is 0.0698. The van der Waals surface area contributed by atoms with E-state index in [1.54, 1.807) is 18.2 Å². The Hall–Kier alpha value is -3.07. The largest absolute Gasteiger partial charge is 0.478 e. The number of anilines is 2. The predicted octanol–water partition coefficient (Wildman–Crippen LogP) is 5.10. The fourth-order valence-electron chi connectivity index (χ4n) is 2.68. The first-order valence-corrected chi connectivity index (χ1v) is 7.41. The highest BCUT2D eigenvalue weighted by Crippen LogP contribution is 2.33. The second kappa shape index (κ2) is 6.36. The molecule has 23 heavy (non-hydrogen) atoms. The van der Waals surface area contributed by atoms with Crippen molar-refractivity contribution in [1.29, 1.82) is 0 Å². The van der Waals surface area contributed by atoms with Crippen molar-refractivity contribution in [1.82, 2.24) is 0 Å². The van der Waals surface area contributed by atoms with E-state index in [-0.39, 0.29) is 5.56 Å². The second-order valence-corrected chi connectivity index (χ2v) is 5.34. The number of nitrogens with one attached hydrogen (secondary N) is 1. The number of aryl methyl sites for hydroxylation is 1. The second-order valence-electron chi connectivity index (χ2n) is 5.34. The van der Waals surface area contributed by atoms with Gasteiger partial charge in [0.25, 0.3) is 0 Å². The summed E-state index contributed by atoms with van der Waals surface area (Å²) in [6.07, 6.45) is 0. The minimum Gasteiger partial charge on any atom is -0.478 e. The van der Waals surface area contributed by atoms with E-state index in [1.165, 1.54) is 0 Å². The predicted molar refractivity (Wildman–Crippen MR) is 93.3 cm³/mol. The van der Waals surface area contributed by atoms with E-state index in [9.17, 15) is 9.90 Å². The quantitative estimate of drug-likeness (QED) is 0.704. The SMILES string of the molecule is Cc1cccc(Nc2ccccc2C(=O)O)c1-c1ccccc1. The van der Waals surface area contributed by atoms with Gasteiger partial charge in [0.2, 0.25) is 0 Å². The summed E-state index contributed by atoms with van der Waals surface area (Å²) in [6, 6.07) is 23.0. The van der Waals surface area contributed by atoms with E-state index in [1.807, 2.05) is 36.4 Å². The van der Waals surface area contributed by atoms with Gasteiger partial charge in [0.15, 0.2) is 0 Å². The molecule has 0 unspecified atom stereocenters. The van der Waals surface area contributed by atoms with Gasteiger partial charge in [0, 0.05) is 11.3 Å². The van der Waals surface area contributed by atoms with Gasteiger partial charge in [-0.15, -0.1) is 0 Å². The summed E-state index contributed by atoms with van der Waals surface area (Å²) in [5, 5.41) is 12.6. The molecule has 0 aliphatic carbocycles. The fraction of sp³-hybridized carbons (Fsp3) is 0.0500. The van der Waals surface area contributed by atoms with E-state index in [0.29, 0.717) is 5.69 Å². The Kier molecular flexibility index (Phi) is 4.11. The first-order valence-electron chi connectivity index (χ1n) is 7.41. The van der Waals surface area contributed by atoms with Gasteiger partial charge in [-0.3, -0.25) is 0 Å². The molecule has 114 valence electrons. The zero-order valence-corrected chi connectivity index (χ0v) is 12.8. The topological polar surface area (TPSA) is 49.3 Å². The molecule has 3 heteroatoms. The first-order chi connectivity index (χ1) is 11.2. The number of carboxylic acid groups (broad SMARTS) is 1. The summed E-state index contributed by atoms with van der Waals surface area (Å²) < 4.78 is 0. The average Bonchev–Trinajstić information content (AvgIpc) is 2.56. The zero-order chi connectivity index (χ0) is 16.2. The van der Waals surface area contributed by atoms with Crippen molar-refractivity contribution in [2.45, 2.75) is 6.92 Å². The molecule has 0 fully saturated rings. The summed E-state index contributed by atoms with van der Waals surface area (Å²) in [7, 11) is 0. The zero-order valence-electron chi connectivity index (χ0n) is 12.8. The van der Waals surface area contributed by atoms with Crippen LogP contribution < -0.4 is 5.32 Å². The van der Waals surface area contributed by atoms with Crippen molar-refractivity contribution in [3.05, 3.63) is 83.9 Å². The Labute approximate surface area is 135 Å². The van der Waals surface area contributed by atoms with Crippen LogP contribution in [0.25, 0.3) is 11.1 Å². The molecule has 0 bridgehead atoms. The van der Waals surface area contributed by atoms with Crippen LogP contribution in [0, 0.1) is 6.92 Å². The van der Waals surface area contributed by atoms with Crippen LogP contribution in [0.1, 0.15) is 15.9 Å². The number of para-hydroxylation sites is 1. The Bertz CT molecular complexity index is 841. The molecule has 3 aromatic carbocycles. The molecule has 0 spiro atoms. The van der Waals surface area contributed by atoms with Crippen molar-refractivity contribution in [3.8, 4) is 11.1 Å². The van der Waals surface area contributed by atoms with Gasteiger partial charge in [0.1, 0.15) is 0 Å². The number of hydrogen-bond donors (Lipinski definition) is 2. The minimum absolute atomic E-state index is 0.257. The third-order valence-electron chi connectivity index (χ3n) is 3.76. The third-order valence-corrected chi connectivity index (χ3v) is 3.76. The number of aromatic carboxylic acids is 1. The Balaban J connectivity index is 2.09. The van der Waals surface area contributed by atoms with Crippen LogP contribution >= 0.6 is 0 Å². The lowest BCUT2D eigenvalue weighted by Gasteiger charge is -2.16. The molecule has 0 aliphatic heterocycles. The van der Waals surface area contributed by atoms with Gasteiger partial charge in [-0.25, -0.2) is 4.79 Å². The number of carboxylic acids is 1. The normalized spacial score (nSPS) is 10.3. The summed E-state index contributed by atoms with van der Waals surface area (Å²) in [5.74, 6) is -0.943. The van der Waals surface area contributed by atoms with E-state index in [2.05, 4.69) is 30.4 Å². The molecule has 0 amide bonds. The van der Waals surface area contributed by atoms with Gasteiger partial charge in [-0.2, -0.15) is 0 Å². The van der Waals surface area contributed by atoms with E-state index < -0.39 is 5.97 Å². The van der Waals surface area contributed by atoms with Crippen molar-refractivity contribution < 1.29 is 9.90 Å². The summed E-state index contributed by atoms with van der Waals surface area (Å²) in [4.78, 5) is 11.4. The lowest BCUT2D eigenvalue weighted by Crippen LogP contribution is -2.03. The fourth-order valence-corrected chi connectivity index (χ4v) is 2.68. The Morgan fingerprint density at radius 2 is 1.48 bits per heavy atom. The van der Waals surface area contributed by atoms with E-state index in [0.717, 1.165) is 22.4 Å². The highest BCUT2D eigenvalue weighted by atomic mass is 16.4. The van der Waals surface area contributed by atoms with Crippen LogP contribution in [0.3, 0.4) is 0 Å². The molecule has 3 nitrogen and oxygen atoms in total. The maximum Gasteiger partial charge on any atom is 0.337 e. The molecule has 0 aliphatic rings. The minimum atomic E-state index is -0.943. The number of carbonyl (C=O) groups is 1. The van der Waals surface area contributed by atoms with Crippen molar-refractivity contribution in [2.75, 3.05) is 5.32 Å². The maximum absolute atomic E-state index is 11.4. The van der Waals surface area contributed by atoms with E-state index >= 15 is 0 Å². The molecular weight excluding hydrogens is 286 g/mol. The molecular formula is C20H17NO2. The van der Waals surface area contributed by atoms with Crippen molar-refractivity contribution in [2.24, 2.45) is 0 Å². The molecule has 0 atom stereocenters. The van der Waals surface area contributed by atoms with Crippen LogP contribution in [-0.2, 0) is 0 Å². The van der Waals surface area contributed by atoms with Crippen LogP contribution in [0.15, 0.2) is 72.8 Å². The standard InChI is InChI=1S/C20H17NO2/c1-14-8-7-13-18(19(14)15-9-3-2-4-10-15)21-17-12-6-5-11-16(17)20(22)23/h2-13,21H,1H3,(H,22,23). The highest BCUT2D eigenvalue weighted by molar-refractivity contribution is 5.96. The number of benzene rings is 3. The molecule has 0 saturated heterocycles. The van der Waals surface area contributed by atoms with Crippen molar-refractivity contribution in [3.63, 3.8) is 0 Å². The van der Waals surface area contributed by atoms with Crippen molar-refractivity contribution >= 4 is 17.3 Å². The number of hydrogen-bond acceptors (Lipinski definition) is 2. The summed E-state index contributed by atoms with van der Waals surface area (Å²) in [5.41, 5.74) is 5.05. The maximum atomic E-state index is 11.4. The van der Waals surface area contributed by atoms with Gasteiger partial charge >= 0.3 is 5.97 Å². The number of rotatable bonds is 4. The molecule has 0 saturated carbocycles. The van der Waals surface area contributed by atoms with Gasteiger partial charge in [-0.1, -0.05) is 54.6 Å². The Morgan fingerprint density at radius 1 is 0.826 bits per heavy atom. The van der Waals surface area contributed by atoms with Crippen LogP contribution in [-0.4, -0.2) is 11.1 Å². The average molecular weight is 303 g/mol. The molecule has 0 radical (unpaired) electrons. The first kappa shape index (κ1) is 14.9. The van der Waals surface area contributed by atoms with Crippen LogP contribution in [0.5, 0.6) is 0 Å². The Morgan fingerprint density at radius 3 is 2.22 bits per heavy atom. The van der Waals surface area contributed by atoms with Gasteiger partial charge in [0.05, 0.1) is 11.3 Å². The van der Waals surface area contributed by atoms with E-state index in [4.69, 9.17) is 0 Å². The molecule has 2 N–H and O–H groups in total. The highest BCUT2D eigenvalue weighted by Gasteiger charge is 2.12. The summed E-state index contributed by atoms with van der Waals surface area (Å²) >= 11 is 0. The summed E-state index contributed by atoms with van der Waals surface area (Å²) in [6.45, 7) is 2.05. The molecule has 0 aromatic heterocycles. The van der Waals surface area contributed by atoms with Crippen LogP contribution in [0.4, 0.5) is 11.4 Å². The third kappa shape index (κ3) is 3.09. The molecule has 3 aromatic rings. The molecule has 3 rings (SSSR count). The van der Waals surface area contributed by atoms with Gasteiger partial charge < -0.3 is 10.4 Å². The monoisotopic (exact) mass is 303 g/mol.